The maximum atomic E-state index is 13.7. The Morgan fingerprint density at radius 3 is 2.68 bits per heavy atom. The van der Waals surface area contributed by atoms with Crippen LogP contribution in [0.5, 0.6) is 0 Å². The van der Waals surface area contributed by atoms with Gasteiger partial charge in [-0.2, -0.15) is 10.2 Å². The summed E-state index contributed by atoms with van der Waals surface area (Å²) in [6, 6.07) is 12.2. The molecule has 0 saturated carbocycles. The second-order valence-corrected chi connectivity index (χ2v) is 5.22. The molecule has 0 spiro atoms. The van der Waals surface area contributed by atoms with Gasteiger partial charge in [0.1, 0.15) is 12.4 Å². The van der Waals surface area contributed by atoms with Gasteiger partial charge in [-0.3, -0.25) is 0 Å². The van der Waals surface area contributed by atoms with Gasteiger partial charge in [0, 0.05) is 11.1 Å². The van der Waals surface area contributed by atoms with E-state index in [9.17, 15) is 9.18 Å². The minimum absolute atomic E-state index is 0.144. The highest BCUT2D eigenvalue weighted by molar-refractivity contribution is 5.89. The molecule has 0 aliphatic rings. The highest BCUT2D eigenvalue weighted by Crippen LogP contribution is 2.18. The zero-order valence-electron chi connectivity index (χ0n) is 13.2. The SMILES string of the molecule is Cc1noc(-c2ccc(C(=O)OCc3cc(C#N)ccc3F)cc2)n1. The van der Waals surface area contributed by atoms with Crippen LogP contribution < -0.4 is 0 Å². The molecule has 0 unspecified atom stereocenters. The van der Waals surface area contributed by atoms with Crippen molar-refractivity contribution in [1.29, 1.82) is 5.26 Å². The minimum atomic E-state index is -0.602. The lowest BCUT2D eigenvalue weighted by atomic mass is 10.1. The van der Waals surface area contributed by atoms with Crippen molar-refractivity contribution >= 4 is 5.97 Å². The maximum Gasteiger partial charge on any atom is 0.338 e. The average molecular weight is 337 g/mol. The van der Waals surface area contributed by atoms with E-state index in [1.54, 1.807) is 31.2 Å². The number of rotatable bonds is 4. The molecule has 25 heavy (non-hydrogen) atoms. The molecule has 124 valence electrons. The van der Waals surface area contributed by atoms with Gasteiger partial charge < -0.3 is 9.26 Å². The highest BCUT2D eigenvalue weighted by atomic mass is 19.1. The largest absolute Gasteiger partial charge is 0.457 e. The molecule has 1 heterocycles. The third kappa shape index (κ3) is 3.70. The van der Waals surface area contributed by atoms with Crippen LogP contribution in [0.25, 0.3) is 11.5 Å². The van der Waals surface area contributed by atoms with Crippen molar-refractivity contribution in [2.45, 2.75) is 13.5 Å². The van der Waals surface area contributed by atoms with E-state index in [-0.39, 0.29) is 12.2 Å². The number of carbonyl (C=O) groups excluding carboxylic acids is 1. The average Bonchev–Trinajstić information content (AvgIpc) is 3.07. The summed E-state index contributed by atoms with van der Waals surface area (Å²) in [7, 11) is 0. The number of hydrogen-bond donors (Lipinski definition) is 0. The number of benzene rings is 2. The van der Waals surface area contributed by atoms with Crippen LogP contribution in [-0.2, 0) is 11.3 Å². The Labute approximate surface area is 142 Å². The first-order valence-electron chi connectivity index (χ1n) is 7.33. The Bertz CT molecular complexity index is 958. The van der Waals surface area contributed by atoms with Crippen molar-refractivity contribution in [1.82, 2.24) is 10.1 Å². The molecule has 6 nitrogen and oxygen atoms in total. The lowest BCUT2D eigenvalue weighted by Crippen LogP contribution is -2.06. The van der Waals surface area contributed by atoms with E-state index in [2.05, 4.69) is 10.1 Å². The lowest BCUT2D eigenvalue weighted by molar-refractivity contribution is 0.0469. The molecule has 0 amide bonds. The number of halogens is 1. The van der Waals surface area contributed by atoms with Crippen molar-refractivity contribution in [2.75, 3.05) is 0 Å². The molecule has 0 N–H and O–H groups in total. The highest BCUT2D eigenvalue weighted by Gasteiger charge is 2.12. The van der Waals surface area contributed by atoms with E-state index in [1.807, 2.05) is 6.07 Å². The predicted octanol–water partition coefficient (Wildman–Crippen LogP) is 3.41. The Balaban J connectivity index is 1.69. The molecule has 0 aliphatic carbocycles. The second-order valence-electron chi connectivity index (χ2n) is 5.22. The van der Waals surface area contributed by atoms with Gasteiger partial charge in [-0.25, -0.2) is 9.18 Å². The number of aromatic nitrogens is 2. The van der Waals surface area contributed by atoms with Gasteiger partial charge in [-0.15, -0.1) is 0 Å². The van der Waals surface area contributed by atoms with E-state index in [4.69, 9.17) is 14.5 Å². The fraction of sp³-hybridized carbons (Fsp3) is 0.111. The summed E-state index contributed by atoms with van der Waals surface area (Å²) in [4.78, 5) is 16.2. The number of esters is 1. The molecule has 1 aromatic heterocycles. The van der Waals surface area contributed by atoms with Crippen LogP contribution in [0.2, 0.25) is 0 Å². The number of carbonyl (C=O) groups is 1. The molecule has 7 heteroatoms. The molecule has 0 bridgehead atoms. The van der Waals surface area contributed by atoms with Crippen molar-refractivity contribution in [3.63, 3.8) is 0 Å². The van der Waals surface area contributed by atoms with Gasteiger partial charge in [0.15, 0.2) is 5.82 Å². The molecule has 0 aliphatic heterocycles. The van der Waals surface area contributed by atoms with E-state index >= 15 is 0 Å². The summed E-state index contributed by atoms with van der Waals surface area (Å²) in [5.74, 6) is -0.267. The molecular formula is C18H12FN3O3. The fourth-order valence-electron chi connectivity index (χ4n) is 2.14. The van der Waals surface area contributed by atoms with Gasteiger partial charge in [0.2, 0.25) is 0 Å². The van der Waals surface area contributed by atoms with Crippen LogP contribution in [0, 0.1) is 24.1 Å². The number of nitrogens with zero attached hydrogens (tertiary/aromatic N) is 3. The van der Waals surface area contributed by atoms with Gasteiger partial charge in [-0.05, 0) is 49.4 Å². The number of ether oxygens (including phenoxy) is 1. The number of hydrogen-bond acceptors (Lipinski definition) is 6. The molecule has 0 atom stereocenters. The van der Waals surface area contributed by atoms with Crippen LogP contribution in [0.4, 0.5) is 4.39 Å². The Hall–Kier alpha value is -3.53. The van der Waals surface area contributed by atoms with E-state index in [0.717, 1.165) is 0 Å². The quantitative estimate of drug-likeness (QED) is 0.678. The van der Waals surface area contributed by atoms with Crippen LogP contribution in [0.15, 0.2) is 47.0 Å². The topological polar surface area (TPSA) is 89.0 Å². The van der Waals surface area contributed by atoms with Gasteiger partial charge in [0.05, 0.1) is 17.2 Å². The maximum absolute atomic E-state index is 13.7. The summed E-state index contributed by atoms with van der Waals surface area (Å²) >= 11 is 0. The minimum Gasteiger partial charge on any atom is -0.457 e. The summed E-state index contributed by atoms with van der Waals surface area (Å²) in [6.45, 7) is 1.45. The summed E-state index contributed by atoms with van der Waals surface area (Å²) in [6.07, 6.45) is 0. The molecule has 0 fully saturated rings. The van der Waals surface area contributed by atoms with Gasteiger partial charge in [0.25, 0.3) is 5.89 Å². The first kappa shape index (κ1) is 16.3. The lowest BCUT2D eigenvalue weighted by Gasteiger charge is -2.06. The second kappa shape index (κ2) is 6.93. The Kier molecular flexibility index (Phi) is 4.53. The zero-order chi connectivity index (χ0) is 17.8. The molecule has 2 aromatic carbocycles. The number of nitriles is 1. The monoisotopic (exact) mass is 337 g/mol. The smallest absolute Gasteiger partial charge is 0.338 e. The van der Waals surface area contributed by atoms with Crippen molar-refractivity contribution in [3.05, 3.63) is 70.8 Å². The molecular weight excluding hydrogens is 325 g/mol. The van der Waals surface area contributed by atoms with Crippen LogP contribution >= 0.6 is 0 Å². The predicted molar refractivity (Wildman–Crippen MR) is 84.7 cm³/mol. The van der Waals surface area contributed by atoms with E-state index in [1.165, 1.54) is 18.2 Å². The van der Waals surface area contributed by atoms with Crippen LogP contribution in [0.3, 0.4) is 0 Å². The van der Waals surface area contributed by atoms with E-state index < -0.39 is 11.8 Å². The van der Waals surface area contributed by atoms with E-state index in [0.29, 0.717) is 28.4 Å². The van der Waals surface area contributed by atoms with Crippen LogP contribution in [0.1, 0.15) is 27.3 Å². The summed E-state index contributed by atoms with van der Waals surface area (Å²) < 4.78 is 23.8. The molecule has 0 saturated heterocycles. The summed E-state index contributed by atoms with van der Waals surface area (Å²) in [5.41, 5.74) is 1.42. The molecule has 0 radical (unpaired) electrons. The fourth-order valence-corrected chi connectivity index (χ4v) is 2.14. The van der Waals surface area contributed by atoms with Crippen LogP contribution in [-0.4, -0.2) is 16.1 Å². The van der Waals surface area contributed by atoms with Gasteiger partial charge >= 0.3 is 5.97 Å². The standard InChI is InChI=1S/C18H12FN3O3/c1-11-21-17(25-22-11)13-3-5-14(6-4-13)18(23)24-10-15-8-12(9-20)2-7-16(15)19/h2-8H,10H2,1H3. The summed E-state index contributed by atoms with van der Waals surface area (Å²) in [5, 5.41) is 12.5. The van der Waals surface area contributed by atoms with Gasteiger partial charge in [-0.1, -0.05) is 5.16 Å². The third-order valence-corrected chi connectivity index (χ3v) is 3.43. The van der Waals surface area contributed by atoms with Crippen molar-refractivity contribution in [2.24, 2.45) is 0 Å². The Morgan fingerprint density at radius 2 is 2.04 bits per heavy atom. The third-order valence-electron chi connectivity index (χ3n) is 3.43. The Morgan fingerprint density at radius 1 is 1.28 bits per heavy atom. The van der Waals surface area contributed by atoms with Crippen molar-refractivity contribution in [3.8, 4) is 17.5 Å². The first-order valence-corrected chi connectivity index (χ1v) is 7.33. The normalized spacial score (nSPS) is 10.3. The number of aryl methyl sites for hydroxylation is 1. The molecule has 3 aromatic rings. The first-order chi connectivity index (χ1) is 12.1. The van der Waals surface area contributed by atoms with Crippen molar-refractivity contribution < 1.29 is 18.4 Å². The molecule has 3 rings (SSSR count). The zero-order valence-corrected chi connectivity index (χ0v) is 13.2.